The summed E-state index contributed by atoms with van der Waals surface area (Å²) < 4.78 is 0. The number of nitrogens with two attached hydrogens (primary N) is 1. The minimum absolute atomic E-state index is 0.280. The van der Waals surface area contributed by atoms with Crippen molar-refractivity contribution in [1.29, 1.82) is 0 Å². The number of benzene rings is 1. The van der Waals surface area contributed by atoms with Crippen LogP contribution in [0.4, 0.5) is 0 Å². The molecule has 0 unspecified atom stereocenters. The maximum atomic E-state index is 5.68. The van der Waals surface area contributed by atoms with Crippen LogP contribution in [-0.2, 0) is 0 Å². The van der Waals surface area contributed by atoms with Crippen molar-refractivity contribution in [2.75, 3.05) is 12.3 Å². The molecule has 0 aromatic heterocycles. The highest BCUT2D eigenvalue weighted by molar-refractivity contribution is 7.99. The minimum Gasteiger partial charge on any atom is -0.330 e. The summed E-state index contributed by atoms with van der Waals surface area (Å²) >= 11 is 1.91. The monoisotopic (exact) mass is 209 g/mol. The van der Waals surface area contributed by atoms with E-state index in [1.165, 1.54) is 11.3 Å². The van der Waals surface area contributed by atoms with E-state index in [1.807, 2.05) is 17.8 Å². The van der Waals surface area contributed by atoms with Crippen LogP contribution in [0.2, 0.25) is 0 Å². The molecule has 0 amide bonds. The fourth-order valence-corrected chi connectivity index (χ4v) is 2.30. The Morgan fingerprint density at radius 2 is 1.86 bits per heavy atom. The van der Waals surface area contributed by atoms with Gasteiger partial charge in [-0.05, 0) is 36.3 Å². The third kappa shape index (κ3) is 4.16. The maximum Gasteiger partial charge on any atom is 0.00719 e. The van der Waals surface area contributed by atoms with Crippen LogP contribution in [0.3, 0.4) is 0 Å². The molecule has 1 aromatic rings. The molecule has 0 atom stereocenters. The van der Waals surface area contributed by atoms with Crippen molar-refractivity contribution in [3.05, 3.63) is 30.3 Å². The SMILES string of the molecule is CC(C)(CN)CCSc1ccccc1. The molecule has 1 aromatic carbocycles. The topological polar surface area (TPSA) is 26.0 Å². The van der Waals surface area contributed by atoms with Gasteiger partial charge in [0, 0.05) is 4.90 Å². The molecule has 0 aliphatic heterocycles. The molecule has 0 aliphatic carbocycles. The molecule has 78 valence electrons. The third-order valence-corrected chi connectivity index (χ3v) is 3.36. The summed E-state index contributed by atoms with van der Waals surface area (Å²) in [4.78, 5) is 1.35. The minimum atomic E-state index is 0.280. The first kappa shape index (κ1) is 11.6. The van der Waals surface area contributed by atoms with Crippen LogP contribution < -0.4 is 5.73 Å². The molecule has 0 heterocycles. The largest absolute Gasteiger partial charge is 0.330 e. The van der Waals surface area contributed by atoms with E-state index in [0.717, 1.165) is 12.3 Å². The van der Waals surface area contributed by atoms with Gasteiger partial charge in [-0.1, -0.05) is 32.0 Å². The molecule has 0 fully saturated rings. The molecule has 2 N–H and O–H groups in total. The Morgan fingerprint density at radius 3 is 2.43 bits per heavy atom. The van der Waals surface area contributed by atoms with Crippen LogP contribution in [0.15, 0.2) is 35.2 Å². The smallest absolute Gasteiger partial charge is 0.00719 e. The van der Waals surface area contributed by atoms with E-state index in [4.69, 9.17) is 5.73 Å². The van der Waals surface area contributed by atoms with E-state index in [9.17, 15) is 0 Å². The van der Waals surface area contributed by atoms with Gasteiger partial charge >= 0.3 is 0 Å². The van der Waals surface area contributed by atoms with Gasteiger partial charge in [-0.15, -0.1) is 11.8 Å². The van der Waals surface area contributed by atoms with Crippen molar-refractivity contribution < 1.29 is 0 Å². The van der Waals surface area contributed by atoms with Crippen molar-refractivity contribution >= 4 is 11.8 Å². The Hall–Kier alpha value is -0.470. The Bertz CT molecular complexity index is 256. The van der Waals surface area contributed by atoms with E-state index in [-0.39, 0.29) is 5.41 Å². The van der Waals surface area contributed by atoms with E-state index in [0.29, 0.717) is 0 Å². The predicted octanol–water partition coefficient (Wildman–Crippen LogP) is 3.15. The van der Waals surface area contributed by atoms with Crippen LogP contribution in [0.25, 0.3) is 0 Å². The first-order valence-electron chi connectivity index (χ1n) is 5.02. The summed E-state index contributed by atoms with van der Waals surface area (Å²) in [6.07, 6.45) is 1.17. The number of hydrogen-bond donors (Lipinski definition) is 1. The van der Waals surface area contributed by atoms with Gasteiger partial charge in [0.05, 0.1) is 0 Å². The second kappa shape index (κ2) is 5.42. The lowest BCUT2D eigenvalue weighted by Gasteiger charge is -2.21. The molecular formula is C12H19NS. The summed E-state index contributed by atoms with van der Waals surface area (Å²) in [6.45, 7) is 5.21. The van der Waals surface area contributed by atoms with Gasteiger partial charge in [-0.3, -0.25) is 0 Å². The highest BCUT2D eigenvalue weighted by atomic mass is 32.2. The van der Waals surface area contributed by atoms with Crippen LogP contribution in [0.1, 0.15) is 20.3 Å². The number of hydrogen-bond acceptors (Lipinski definition) is 2. The van der Waals surface area contributed by atoms with Crippen molar-refractivity contribution in [3.63, 3.8) is 0 Å². The zero-order valence-corrected chi connectivity index (χ0v) is 9.81. The van der Waals surface area contributed by atoms with Crippen LogP contribution in [-0.4, -0.2) is 12.3 Å². The van der Waals surface area contributed by atoms with Gasteiger partial charge in [-0.25, -0.2) is 0 Å². The molecule has 0 aliphatic rings. The Labute approximate surface area is 91.1 Å². The van der Waals surface area contributed by atoms with Gasteiger partial charge in [0.15, 0.2) is 0 Å². The number of thioether (sulfide) groups is 1. The summed E-state index contributed by atoms with van der Waals surface area (Å²) in [7, 11) is 0. The molecular weight excluding hydrogens is 190 g/mol. The third-order valence-electron chi connectivity index (χ3n) is 2.34. The number of rotatable bonds is 5. The van der Waals surface area contributed by atoms with Gasteiger partial charge in [0.2, 0.25) is 0 Å². The average molecular weight is 209 g/mol. The molecule has 0 saturated heterocycles. The zero-order chi connectivity index (χ0) is 10.4. The van der Waals surface area contributed by atoms with E-state index in [2.05, 4.69) is 38.1 Å². The van der Waals surface area contributed by atoms with Crippen molar-refractivity contribution in [3.8, 4) is 0 Å². The normalized spacial score (nSPS) is 11.6. The molecule has 0 spiro atoms. The van der Waals surface area contributed by atoms with E-state index >= 15 is 0 Å². The van der Waals surface area contributed by atoms with Gasteiger partial charge in [0.1, 0.15) is 0 Å². The second-order valence-electron chi connectivity index (χ2n) is 4.28. The molecule has 2 heteroatoms. The molecule has 0 radical (unpaired) electrons. The summed E-state index contributed by atoms with van der Waals surface area (Å²) in [6, 6.07) is 10.5. The van der Waals surface area contributed by atoms with Gasteiger partial charge < -0.3 is 5.73 Å². The molecule has 1 nitrogen and oxygen atoms in total. The zero-order valence-electron chi connectivity index (χ0n) is 8.99. The first-order valence-corrected chi connectivity index (χ1v) is 6.00. The summed E-state index contributed by atoms with van der Waals surface area (Å²) in [5, 5.41) is 0. The van der Waals surface area contributed by atoms with E-state index < -0.39 is 0 Å². The fourth-order valence-electron chi connectivity index (χ4n) is 1.06. The fraction of sp³-hybridized carbons (Fsp3) is 0.500. The summed E-state index contributed by atoms with van der Waals surface area (Å²) in [5.41, 5.74) is 5.96. The average Bonchev–Trinajstić information content (AvgIpc) is 2.19. The van der Waals surface area contributed by atoms with E-state index in [1.54, 1.807) is 0 Å². The molecule has 0 bridgehead atoms. The van der Waals surface area contributed by atoms with Crippen LogP contribution >= 0.6 is 11.8 Å². The first-order chi connectivity index (χ1) is 6.64. The van der Waals surface area contributed by atoms with Crippen LogP contribution in [0, 0.1) is 5.41 Å². The highest BCUT2D eigenvalue weighted by Gasteiger charge is 2.14. The Balaban J connectivity index is 2.29. The highest BCUT2D eigenvalue weighted by Crippen LogP contribution is 2.25. The molecule has 14 heavy (non-hydrogen) atoms. The second-order valence-corrected chi connectivity index (χ2v) is 5.45. The Morgan fingerprint density at radius 1 is 1.21 bits per heavy atom. The lowest BCUT2D eigenvalue weighted by Crippen LogP contribution is -2.23. The maximum absolute atomic E-state index is 5.68. The molecule has 0 saturated carbocycles. The van der Waals surface area contributed by atoms with Gasteiger partial charge in [0.25, 0.3) is 0 Å². The molecule has 1 rings (SSSR count). The lowest BCUT2D eigenvalue weighted by molar-refractivity contribution is 0.368. The van der Waals surface area contributed by atoms with Crippen molar-refractivity contribution in [2.24, 2.45) is 11.1 Å². The quantitative estimate of drug-likeness (QED) is 0.754. The summed E-state index contributed by atoms with van der Waals surface area (Å²) in [5.74, 6) is 1.15. The van der Waals surface area contributed by atoms with Crippen molar-refractivity contribution in [1.82, 2.24) is 0 Å². The standard InChI is InChI=1S/C12H19NS/c1-12(2,10-13)8-9-14-11-6-4-3-5-7-11/h3-7H,8-10,13H2,1-2H3. The Kier molecular flexibility index (Phi) is 4.49. The van der Waals surface area contributed by atoms with Crippen molar-refractivity contribution in [2.45, 2.75) is 25.2 Å². The van der Waals surface area contributed by atoms with Crippen LogP contribution in [0.5, 0.6) is 0 Å². The van der Waals surface area contributed by atoms with Gasteiger partial charge in [-0.2, -0.15) is 0 Å². The lowest BCUT2D eigenvalue weighted by atomic mass is 9.91. The predicted molar refractivity (Wildman–Crippen MR) is 64.6 cm³/mol.